The normalized spacial score (nSPS) is 11.8. The van der Waals surface area contributed by atoms with Gasteiger partial charge in [0.15, 0.2) is 0 Å². The molecule has 0 fully saturated rings. The summed E-state index contributed by atoms with van der Waals surface area (Å²) in [5.41, 5.74) is 3.05. The predicted molar refractivity (Wildman–Crippen MR) is 74.7 cm³/mol. The molecule has 1 aromatic carbocycles. The van der Waals surface area contributed by atoms with Crippen molar-refractivity contribution in [1.29, 1.82) is 0 Å². The molecule has 0 saturated heterocycles. The van der Waals surface area contributed by atoms with Gasteiger partial charge in [0, 0.05) is 17.6 Å². The molecule has 0 bridgehead atoms. The molecule has 2 heteroatoms. The van der Waals surface area contributed by atoms with Crippen LogP contribution in [0.2, 0.25) is 0 Å². The number of rotatable bonds is 5. The Balaban J connectivity index is 2.46. The van der Waals surface area contributed by atoms with E-state index in [4.69, 9.17) is 0 Å². The van der Waals surface area contributed by atoms with Gasteiger partial charge in [0.25, 0.3) is 0 Å². The maximum absolute atomic E-state index is 3.52. The Bertz CT molecular complexity index is 345. The van der Waals surface area contributed by atoms with Gasteiger partial charge in [-0.1, -0.05) is 48.8 Å². The average Bonchev–Trinajstić information content (AvgIpc) is 2.23. The second kappa shape index (κ2) is 5.83. The van der Waals surface area contributed by atoms with E-state index in [1.807, 2.05) is 0 Å². The summed E-state index contributed by atoms with van der Waals surface area (Å²) in [5, 5.41) is 3.52. The second-order valence-corrected chi connectivity index (χ2v) is 6.06. The van der Waals surface area contributed by atoms with Crippen LogP contribution in [0.1, 0.15) is 38.3 Å². The van der Waals surface area contributed by atoms with Crippen LogP contribution >= 0.6 is 15.9 Å². The Kier molecular flexibility index (Phi) is 5.00. The fourth-order valence-electron chi connectivity index (χ4n) is 1.49. The van der Waals surface area contributed by atoms with E-state index in [0.29, 0.717) is 5.41 Å². The van der Waals surface area contributed by atoms with Crippen LogP contribution in [0, 0.1) is 12.3 Å². The van der Waals surface area contributed by atoms with Crippen molar-refractivity contribution >= 4 is 15.9 Å². The maximum Gasteiger partial charge on any atom is 0.0205 e. The van der Waals surface area contributed by atoms with Gasteiger partial charge in [-0.25, -0.2) is 0 Å². The van der Waals surface area contributed by atoms with Gasteiger partial charge < -0.3 is 5.32 Å². The number of hydrogen-bond acceptors (Lipinski definition) is 1. The lowest BCUT2D eigenvalue weighted by Gasteiger charge is -2.23. The molecular weight excluding hydrogens is 262 g/mol. The zero-order chi connectivity index (χ0) is 12.2. The monoisotopic (exact) mass is 283 g/mol. The quantitative estimate of drug-likeness (QED) is 0.850. The highest BCUT2D eigenvalue weighted by Gasteiger charge is 2.13. The molecular formula is C14H22BrN. The summed E-state index contributed by atoms with van der Waals surface area (Å²) in [6.07, 6.45) is 1.21. The fourth-order valence-corrected chi connectivity index (χ4v) is 1.73. The van der Waals surface area contributed by atoms with Crippen LogP contribution < -0.4 is 5.32 Å². The number of benzene rings is 1. The van der Waals surface area contributed by atoms with E-state index in [0.717, 1.165) is 13.1 Å². The smallest absolute Gasteiger partial charge is 0.0205 e. The molecule has 0 heterocycles. The summed E-state index contributed by atoms with van der Waals surface area (Å²) in [6, 6.07) is 6.52. The van der Waals surface area contributed by atoms with Gasteiger partial charge in [-0.05, 0) is 36.0 Å². The Morgan fingerprint density at radius 3 is 2.56 bits per heavy atom. The molecule has 0 aliphatic heterocycles. The molecule has 1 nitrogen and oxygen atoms in total. The summed E-state index contributed by atoms with van der Waals surface area (Å²) in [6.45, 7) is 11.0. The third-order valence-corrected chi connectivity index (χ3v) is 4.00. The van der Waals surface area contributed by atoms with Gasteiger partial charge in [-0.15, -0.1) is 0 Å². The molecule has 0 atom stereocenters. The van der Waals surface area contributed by atoms with Crippen LogP contribution in [0.5, 0.6) is 0 Å². The lowest BCUT2D eigenvalue weighted by atomic mass is 9.90. The lowest BCUT2D eigenvalue weighted by molar-refractivity contribution is 0.327. The minimum absolute atomic E-state index is 0.393. The third kappa shape index (κ3) is 4.26. The minimum Gasteiger partial charge on any atom is -0.312 e. The maximum atomic E-state index is 3.52. The molecule has 1 rings (SSSR count). The van der Waals surface area contributed by atoms with Gasteiger partial charge in [-0.2, -0.15) is 0 Å². The lowest BCUT2D eigenvalue weighted by Crippen LogP contribution is -2.28. The molecule has 16 heavy (non-hydrogen) atoms. The van der Waals surface area contributed by atoms with Crippen molar-refractivity contribution < 1.29 is 0 Å². The summed E-state index contributed by atoms with van der Waals surface area (Å²) in [5.74, 6) is 0. The standard InChI is InChI=1S/C14H22BrN/c1-5-14(3,4)10-16-9-12-6-7-13(15)11(2)8-12/h6-8,16H,5,9-10H2,1-4H3. The van der Waals surface area contributed by atoms with E-state index in [-0.39, 0.29) is 0 Å². The number of hydrogen-bond donors (Lipinski definition) is 1. The number of aryl methyl sites for hydroxylation is 1. The molecule has 0 saturated carbocycles. The average molecular weight is 284 g/mol. The Hall–Kier alpha value is -0.340. The van der Waals surface area contributed by atoms with Gasteiger partial charge in [0.1, 0.15) is 0 Å². The van der Waals surface area contributed by atoms with E-state index in [2.05, 4.69) is 67.1 Å². The van der Waals surface area contributed by atoms with E-state index >= 15 is 0 Å². The van der Waals surface area contributed by atoms with Crippen molar-refractivity contribution in [3.63, 3.8) is 0 Å². The minimum atomic E-state index is 0.393. The summed E-state index contributed by atoms with van der Waals surface area (Å²) >= 11 is 3.52. The van der Waals surface area contributed by atoms with Crippen molar-refractivity contribution in [3.8, 4) is 0 Å². The van der Waals surface area contributed by atoms with E-state index in [1.54, 1.807) is 0 Å². The Morgan fingerprint density at radius 1 is 1.31 bits per heavy atom. The molecule has 0 aliphatic carbocycles. The van der Waals surface area contributed by atoms with Crippen LogP contribution in [-0.4, -0.2) is 6.54 Å². The second-order valence-electron chi connectivity index (χ2n) is 5.20. The van der Waals surface area contributed by atoms with Gasteiger partial charge in [0.2, 0.25) is 0 Å². The fraction of sp³-hybridized carbons (Fsp3) is 0.571. The van der Waals surface area contributed by atoms with Crippen molar-refractivity contribution in [2.75, 3.05) is 6.54 Å². The van der Waals surface area contributed by atoms with E-state index < -0.39 is 0 Å². The largest absolute Gasteiger partial charge is 0.312 e. The van der Waals surface area contributed by atoms with Crippen molar-refractivity contribution in [2.45, 2.75) is 40.7 Å². The Morgan fingerprint density at radius 2 is 2.00 bits per heavy atom. The first-order valence-electron chi connectivity index (χ1n) is 5.90. The molecule has 0 amide bonds. The van der Waals surface area contributed by atoms with Crippen LogP contribution in [0.15, 0.2) is 22.7 Å². The summed E-state index contributed by atoms with van der Waals surface area (Å²) < 4.78 is 1.19. The van der Waals surface area contributed by atoms with Gasteiger partial charge >= 0.3 is 0 Å². The van der Waals surface area contributed by atoms with Gasteiger partial charge in [0.05, 0.1) is 0 Å². The topological polar surface area (TPSA) is 12.0 Å². The van der Waals surface area contributed by atoms with Crippen LogP contribution in [-0.2, 0) is 6.54 Å². The molecule has 90 valence electrons. The van der Waals surface area contributed by atoms with Crippen molar-refractivity contribution in [2.24, 2.45) is 5.41 Å². The van der Waals surface area contributed by atoms with Crippen LogP contribution in [0.25, 0.3) is 0 Å². The SMILES string of the molecule is CCC(C)(C)CNCc1ccc(Br)c(C)c1. The first-order valence-corrected chi connectivity index (χ1v) is 6.69. The molecule has 0 aromatic heterocycles. The molecule has 0 spiro atoms. The molecule has 0 aliphatic rings. The molecule has 0 unspecified atom stereocenters. The number of halogens is 1. The molecule has 0 radical (unpaired) electrons. The third-order valence-electron chi connectivity index (χ3n) is 3.11. The van der Waals surface area contributed by atoms with Gasteiger partial charge in [-0.3, -0.25) is 0 Å². The van der Waals surface area contributed by atoms with E-state index in [1.165, 1.54) is 22.0 Å². The van der Waals surface area contributed by atoms with Crippen molar-refractivity contribution in [1.82, 2.24) is 5.32 Å². The first kappa shape index (κ1) is 13.7. The van der Waals surface area contributed by atoms with E-state index in [9.17, 15) is 0 Å². The zero-order valence-electron chi connectivity index (χ0n) is 10.7. The van der Waals surface area contributed by atoms with Crippen molar-refractivity contribution in [3.05, 3.63) is 33.8 Å². The molecule has 1 N–H and O–H groups in total. The highest BCUT2D eigenvalue weighted by atomic mass is 79.9. The predicted octanol–water partition coefficient (Wildman–Crippen LogP) is 4.28. The summed E-state index contributed by atoms with van der Waals surface area (Å²) in [4.78, 5) is 0. The Labute approximate surface area is 108 Å². The first-order chi connectivity index (χ1) is 7.44. The zero-order valence-corrected chi connectivity index (χ0v) is 12.3. The highest BCUT2D eigenvalue weighted by molar-refractivity contribution is 9.10. The van der Waals surface area contributed by atoms with Crippen LogP contribution in [0.4, 0.5) is 0 Å². The number of nitrogens with one attached hydrogen (secondary N) is 1. The summed E-state index contributed by atoms with van der Waals surface area (Å²) in [7, 11) is 0. The van der Waals surface area contributed by atoms with Crippen LogP contribution in [0.3, 0.4) is 0 Å². The highest BCUT2D eigenvalue weighted by Crippen LogP contribution is 2.19. The molecule has 1 aromatic rings.